The van der Waals surface area contributed by atoms with E-state index in [1.165, 1.54) is 11.1 Å². The molecule has 0 saturated carbocycles. The lowest BCUT2D eigenvalue weighted by Crippen LogP contribution is -2.38. The third-order valence-electron chi connectivity index (χ3n) is 3.74. The molecule has 0 heterocycles. The maximum Gasteiger partial charge on any atom is 0.191 e. The maximum atomic E-state index is 5.34. The van der Waals surface area contributed by atoms with Crippen LogP contribution in [0.3, 0.4) is 0 Å². The van der Waals surface area contributed by atoms with E-state index in [0.717, 1.165) is 51.6 Å². The van der Waals surface area contributed by atoms with E-state index < -0.39 is 0 Å². The fourth-order valence-electron chi connectivity index (χ4n) is 2.59. The standard InChI is InChI=1S/C17H27N3O/c1-3-18-17(19-10-7-11-21-4-2)20-13-15-12-14-8-5-6-9-16(14)15/h5-6,8-9,15H,3-4,7,10-13H2,1-2H3,(H2,18,19,20). The third-order valence-corrected chi connectivity index (χ3v) is 3.74. The minimum Gasteiger partial charge on any atom is -0.382 e. The van der Waals surface area contributed by atoms with Gasteiger partial charge >= 0.3 is 0 Å². The molecule has 0 spiro atoms. The van der Waals surface area contributed by atoms with Gasteiger partial charge in [0.15, 0.2) is 5.96 Å². The molecule has 0 bridgehead atoms. The van der Waals surface area contributed by atoms with Gasteiger partial charge in [-0.1, -0.05) is 24.3 Å². The van der Waals surface area contributed by atoms with Crippen molar-refractivity contribution in [3.63, 3.8) is 0 Å². The van der Waals surface area contributed by atoms with Gasteiger partial charge in [0.25, 0.3) is 0 Å². The zero-order valence-corrected chi connectivity index (χ0v) is 13.2. The first kappa shape index (κ1) is 15.8. The van der Waals surface area contributed by atoms with Crippen LogP contribution in [0.5, 0.6) is 0 Å². The summed E-state index contributed by atoms with van der Waals surface area (Å²) in [7, 11) is 0. The van der Waals surface area contributed by atoms with E-state index in [1.54, 1.807) is 0 Å². The summed E-state index contributed by atoms with van der Waals surface area (Å²) >= 11 is 0. The van der Waals surface area contributed by atoms with Crippen LogP contribution < -0.4 is 10.6 Å². The van der Waals surface area contributed by atoms with Crippen molar-refractivity contribution in [1.82, 2.24) is 10.6 Å². The monoisotopic (exact) mass is 289 g/mol. The second-order valence-corrected chi connectivity index (χ2v) is 5.30. The van der Waals surface area contributed by atoms with Gasteiger partial charge < -0.3 is 15.4 Å². The molecule has 0 radical (unpaired) electrons. The molecule has 0 amide bonds. The van der Waals surface area contributed by atoms with E-state index in [1.807, 2.05) is 6.92 Å². The van der Waals surface area contributed by atoms with Crippen LogP contribution in [0.4, 0.5) is 0 Å². The van der Waals surface area contributed by atoms with Gasteiger partial charge in [-0.2, -0.15) is 0 Å². The number of guanidine groups is 1. The van der Waals surface area contributed by atoms with E-state index in [4.69, 9.17) is 9.73 Å². The maximum absolute atomic E-state index is 5.34. The van der Waals surface area contributed by atoms with Gasteiger partial charge in [-0.05, 0) is 37.8 Å². The summed E-state index contributed by atoms with van der Waals surface area (Å²) < 4.78 is 5.34. The number of rotatable bonds is 8. The predicted octanol–water partition coefficient (Wildman–Crippen LogP) is 2.31. The van der Waals surface area contributed by atoms with Crippen molar-refractivity contribution in [2.45, 2.75) is 32.6 Å². The minimum absolute atomic E-state index is 0.583. The van der Waals surface area contributed by atoms with Crippen molar-refractivity contribution in [3.8, 4) is 0 Å². The summed E-state index contributed by atoms with van der Waals surface area (Å²) in [6, 6.07) is 8.67. The molecule has 2 rings (SSSR count). The molecule has 1 unspecified atom stereocenters. The van der Waals surface area contributed by atoms with Crippen LogP contribution in [0.15, 0.2) is 29.3 Å². The summed E-state index contributed by atoms with van der Waals surface area (Å²) in [6.07, 6.45) is 2.16. The van der Waals surface area contributed by atoms with Gasteiger partial charge in [-0.25, -0.2) is 0 Å². The Hall–Kier alpha value is -1.55. The normalized spacial score (nSPS) is 17.0. The first-order valence-electron chi connectivity index (χ1n) is 8.02. The SMILES string of the molecule is CCNC(=NCC1Cc2ccccc21)NCCCOCC. The third kappa shape index (κ3) is 4.74. The Labute approximate surface area is 128 Å². The molecule has 0 aliphatic heterocycles. The van der Waals surface area contributed by atoms with Crippen molar-refractivity contribution in [3.05, 3.63) is 35.4 Å². The van der Waals surface area contributed by atoms with Gasteiger partial charge in [-0.3, -0.25) is 4.99 Å². The second-order valence-electron chi connectivity index (χ2n) is 5.30. The number of hydrogen-bond acceptors (Lipinski definition) is 2. The van der Waals surface area contributed by atoms with Crippen LogP contribution in [0.2, 0.25) is 0 Å². The van der Waals surface area contributed by atoms with Crippen LogP contribution in [-0.2, 0) is 11.2 Å². The van der Waals surface area contributed by atoms with E-state index in [0.29, 0.717) is 5.92 Å². The van der Waals surface area contributed by atoms with Crippen LogP contribution in [0.1, 0.15) is 37.3 Å². The molecule has 1 atom stereocenters. The van der Waals surface area contributed by atoms with Crippen molar-refractivity contribution >= 4 is 5.96 Å². The number of hydrogen-bond donors (Lipinski definition) is 2. The van der Waals surface area contributed by atoms with Crippen molar-refractivity contribution in [2.75, 3.05) is 32.8 Å². The summed E-state index contributed by atoms with van der Waals surface area (Å²) in [5.74, 6) is 1.50. The Morgan fingerprint density at radius 2 is 2.14 bits per heavy atom. The van der Waals surface area contributed by atoms with Gasteiger partial charge in [0.2, 0.25) is 0 Å². The summed E-state index contributed by atoms with van der Waals surface area (Å²) in [5.41, 5.74) is 2.95. The smallest absolute Gasteiger partial charge is 0.191 e. The van der Waals surface area contributed by atoms with Gasteiger partial charge in [-0.15, -0.1) is 0 Å². The molecule has 2 N–H and O–H groups in total. The quantitative estimate of drug-likeness (QED) is 0.438. The highest BCUT2D eigenvalue weighted by Gasteiger charge is 2.24. The zero-order valence-electron chi connectivity index (χ0n) is 13.2. The van der Waals surface area contributed by atoms with E-state index in [-0.39, 0.29) is 0 Å². The van der Waals surface area contributed by atoms with Crippen LogP contribution >= 0.6 is 0 Å². The molecule has 4 nitrogen and oxygen atoms in total. The zero-order chi connectivity index (χ0) is 14.9. The Morgan fingerprint density at radius 3 is 2.90 bits per heavy atom. The molecule has 0 fully saturated rings. The Kier molecular flexibility index (Phi) is 6.54. The highest BCUT2D eigenvalue weighted by atomic mass is 16.5. The molecular formula is C17H27N3O. The number of nitrogens with zero attached hydrogens (tertiary/aromatic N) is 1. The first-order valence-corrected chi connectivity index (χ1v) is 8.02. The van der Waals surface area contributed by atoms with Crippen LogP contribution in [0.25, 0.3) is 0 Å². The van der Waals surface area contributed by atoms with Crippen molar-refractivity contribution < 1.29 is 4.74 Å². The van der Waals surface area contributed by atoms with Crippen molar-refractivity contribution in [1.29, 1.82) is 0 Å². The second kappa shape index (κ2) is 8.67. The average molecular weight is 289 g/mol. The molecule has 116 valence electrons. The lowest BCUT2D eigenvalue weighted by Gasteiger charge is -2.28. The largest absolute Gasteiger partial charge is 0.382 e. The fraction of sp³-hybridized carbons (Fsp3) is 0.588. The number of fused-ring (bicyclic) bond motifs is 1. The highest BCUT2D eigenvalue weighted by Crippen LogP contribution is 2.34. The van der Waals surface area contributed by atoms with Crippen LogP contribution in [-0.4, -0.2) is 38.8 Å². The number of ether oxygens (including phenoxy) is 1. The molecule has 1 aromatic rings. The first-order chi connectivity index (χ1) is 10.3. The Morgan fingerprint density at radius 1 is 1.29 bits per heavy atom. The summed E-state index contributed by atoms with van der Waals surface area (Å²) in [5, 5.41) is 6.67. The molecule has 21 heavy (non-hydrogen) atoms. The van der Waals surface area contributed by atoms with Gasteiger partial charge in [0, 0.05) is 38.8 Å². The number of nitrogens with one attached hydrogen (secondary N) is 2. The minimum atomic E-state index is 0.583. The van der Waals surface area contributed by atoms with Gasteiger partial charge in [0.1, 0.15) is 0 Å². The molecule has 1 aromatic carbocycles. The number of aliphatic imine (C=N–C) groups is 1. The fourth-order valence-corrected chi connectivity index (χ4v) is 2.59. The summed E-state index contributed by atoms with van der Waals surface area (Å²) in [6.45, 7) is 8.35. The lowest BCUT2D eigenvalue weighted by molar-refractivity contribution is 0.145. The summed E-state index contributed by atoms with van der Waals surface area (Å²) in [4.78, 5) is 4.71. The molecule has 4 heteroatoms. The molecule has 1 aliphatic rings. The van der Waals surface area contributed by atoms with E-state index in [2.05, 4.69) is 41.8 Å². The topological polar surface area (TPSA) is 45.7 Å². The van der Waals surface area contributed by atoms with Gasteiger partial charge in [0.05, 0.1) is 0 Å². The van der Waals surface area contributed by atoms with E-state index >= 15 is 0 Å². The Balaban J connectivity index is 1.76. The van der Waals surface area contributed by atoms with Crippen LogP contribution in [0, 0.1) is 0 Å². The molecule has 0 saturated heterocycles. The number of benzene rings is 1. The van der Waals surface area contributed by atoms with E-state index in [9.17, 15) is 0 Å². The molecule has 1 aliphatic carbocycles. The lowest BCUT2D eigenvalue weighted by atomic mass is 9.78. The average Bonchev–Trinajstić information content (AvgIpc) is 2.48. The predicted molar refractivity (Wildman–Crippen MR) is 88.0 cm³/mol. The van der Waals surface area contributed by atoms with Crippen molar-refractivity contribution in [2.24, 2.45) is 4.99 Å². The highest BCUT2D eigenvalue weighted by molar-refractivity contribution is 5.79. The Bertz CT molecular complexity index is 459. The molecule has 0 aromatic heterocycles. The molecular weight excluding hydrogens is 262 g/mol.